The summed E-state index contributed by atoms with van der Waals surface area (Å²) in [4.78, 5) is 11.8. The number of benzene rings is 2. The van der Waals surface area contributed by atoms with Crippen LogP contribution in [0.25, 0.3) is 0 Å². The first-order valence-electron chi connectivity index (χ1n) is 5.86. The molecule has 1 nitrogen and oxygen atoms in total. The molecule has 0 radical (unpaired) electrons. The second kappa shape index (κ2) is 6.09. The third-order valence-electron chi connectivity index (χ3n) is 2.84. The van der Waals surface area contributed by atoms with Crippen LogP contribution in [-0.4, -0.2) is 5.78 Å². The van der Waals surface area contributed by atoms with Gasteiger partial charge in [-0.05, 0) is 23.8 Å². The summed E-state index contributed by atoms with van der Waals surface area (Å²) in [6, 6.07) is 7.09. The number of carbonyl (C=O) groups is 1. The monoisotopic (exact) mass is 298 g/mol. The summed E-state index contributed by atoms with van der Waals surface area (Å²) in [5, 5.41) is 0.151. The molecule has 0 heterocycles. The zero-order chi connectivity index (χ0) is 14.7. The maximum Gasteiger partial charge on any atom is 0.141 e. The molecule has 0 saturated carbocycles. The number of halogens is 4. The average Bonchev–Trinajstić information content (AvgIpc) is 2.37. The van der Waals surface area contributed by atoms with E-state index in [-0.39, 0.29) is 29.0 Å². The number of hydrogen-bond acceptors (Lipinski definition) is 1. The van der Waals surface area contributed by atoms with E-state index in [1.54, 1.807) is 0 Å². The Labute approximate surface area is 119 Å². The number of Topliss-reactive ketones (excluding diaryl/α,β-unsaturated/α-hetero) is 1. The van der Waals surface area contributed by atoms with Crippen molar-refractivity contribution in [3.8, 4) is 0 Å². The molecule has 0 aliphatic rings. The number of carbonyl (C=O) groups excluding carboxylic acids is 1. The minimum absolute atomic E-state index is 0.0730. The minimum atomic E-state index is -0.794. The molecule has 0 aliphatic carbocycles. The van der Waals surface area contributed by atoms with Gasteiger partial charge in [0.1, 0.15) is 23.2 Å². The first-order chi connectivity index (χ1) is 9.47. The Kier molecular flexibility index (Phi) is 4.45. The molecule has 0 bridgehead atoms. The lowest BCUT2D eigenvalue weighted by Crippen LogP contribution is -2.09. The van der Waals surface area contributed by atoms with Crippen molar-refractivity contribution in [2.75, 3.05) is 0 Å². The highest BCUT2D eigenvalue weighted by Gasteiger charge is 2.14. The van der Waals surface area contributed by atoms with Crippen LogP contribution in [0.5, 0.6) is 0 Å². The molecular weight excluding hydrogens is 289 g/mol. The Morgan fingerprint density at radius 3 is 2.40 bits per heavy atom. The largest absolute Gasteiger partial charge is 0.299 e. The van der Waals surface area contributed by atoms with Gasteiger partial charge in [-0.25, -0.2) is 13.2 Å². The Hall–Kier alpha value is -1.81. The van der Waals surface area contributed by atoms with Gasteiger partial charge in [-0.1, -0.05) is 23.7 Å². The van der Waals surface area contributed by atoms with Crippen molar-refractivity contribution in [1.29, 1.82) is 0 Å². The summed E-state index contributed by atoms with van der Waals surface area (Å²) in [5.41, 5.74) is 0.158. The van der Waals surface area contributed by atoms with Crippen LogP contribution in [0.15, 0.2) is 36.4 Å². The van der Waals surface area contributed by atoms with E-state index in [0.717, 1.165) is 6.07 Å². The Bertz CT molecular complexity index is 635. The molecular formula is C15H10ClF3O. The van der Waals surface area contributed by atoms with Crippen molar-refractivity contribution >= 4 is 17.4 Å². The van der Waals surface area contributed by atoms with E-state index < -0.39 is 23.2 Å². The van der Waals surface area contributed by atoms with Crippen LogP contribution in [0.4, 0.5) is 13.2 Å². The molecule has 20 heavy (non-hydrogen) atoms. The standard InChI is InChI=1S/C15H10ClF3O/c16-13-2-1-3-14(18)12(13)8-11(20)6-9-4-5-10(17)7-15(9)19/h1-5,7H,6,8H2. The highest BCUT2D eigenvalue weighted by molar-refractivity contribution is 6.31. The van der Waals surface area contributed by atoms with E-state index in [9.17, 15) is 18.0 Å². The van der Waals surface area contributed by atoms with Crippen LogP contribution >= 0.6 is 11.6 Å². The maximum atomic E-state index is 13.5. The van der Waals surface area contributed by atoms with Crippen LogP contribution in [-0.2, 0) is 17.6 Å². The van der Waals surface area contributed by atoms with Crippen molar-refractivity contribution in [2.45, 2.75) is 12.8 Å². The zero-order valence-corrected chi connectivity index (χ0v) is 11.1. The summed E-state index contributed by atoms with van der Waals surface area (Å²) in [6.45, 7) is 0. The number of ketones is 1. The lowest BCUT2D eigenvalue weighted by Gasteiger charge is -2.06. The summed E-state index contributed by atoms with van der Waals surface area (Å²) in [7, 11) is 0. The topological polar surface area (TPSA) is 17.1 Å². The van der Waals surface area contributed by atoms with Gasteiger partial charge in [0.15, 0.2) is 0 Å². The summed E-state index contributed by atoms with van der Waals surface area (Å²) in [6.07, 6.45) is -0.473. The second-order valence-corrected chi connectivity index (χ2v) is 4.74. The van der Waals surface area contributed by atoms with Gasteiger partial charge in [0.2, 0.25) is 0 Å². The number of hydrogen-bond donors (Lipinski definition) is 0. The van der Waals surface area contributed by atoms with Gasteiger partial charge < -0.3 is 0 Å². The van der Waals surface area contributed by atoms with Gasteiger partial charge in [0, 0.05) is 29.5 Å². The van der Waals surface area contributed by atoms with Crippen LogP contribution in [0.2, 0.25) is 5.02 Å². The van der Waals surface area contributed by atoms with Crippen LogP contribution in [0.3, 0.4) is 0 Å². The van der Waals surface area contributed by atoms with Crippen LogP contribution < -0.4 is 0 Å². The lowest BCUT2D eigenvalue weighted by atomic mass is 10.0. The van der Waals surface area contributed by atoms with Crippen molar-refractivity contribution < 1.29 is 18.0 Å². The van der Waals surface area contributed by atoms with E-state index in [2.05, 4.69) is 0 Å². The molecule has 0 saturated heterocycles. The van der Waals surface area contributed by atoms with Crippen LogP contribution in [0.1, 0.15) is 11.1 Å². The summed E-state index contributed by atoms with van der Waals surface area (Å²) >= 11 is 5.81. The molecule has 0 fully saturated rings. The van der Waals surface area contributed by atoms with E-state index in [4.69, 9.17) is 11.6 Å². The molecule has 5 heteroatoms. The molecule has 0 unspecified atom stereocenters. The predicted octanol–water partition coefficient (Wildman–Crippen LogP) is 4.11. The average molecular weight is 299 g/mol. The molecule has 2 aromatic carbocycles. The van der Waals surface area contributed by atoms with E-state index in [0.29, 0.717) is 6.07 Å². The lowest BCUT2D eigenvalue weighted by molar-refractivity contribution is -0.117. The third-order valence-corrected chi connectivity index (χ3v) is 3.19. The van der Waals surface area contributed by atoms with Gasteiger partial charge in [-0.3, -0.25) is 4.79 Å². The van der Waals surface area contributed by atoms with Crippen molar-refractivity contribution in [2.24, 2.45) is 0 Å². The first-order valence-corrected chi connectivity index (χ1v) is 6.23. The Morgan fingerprint density at radius 2 is 1.75 bits per heavy atom. The third kappa shape index (κ3) is 3.39. The molecule has 0 aromatic heterocycles. The molecule has 2 rings (SSSR count). The summed E-state index contributed by atoms with van der Waals surface area (Å²) in [5.74, 6) is -2.48. The highest BCUT2D eigenvalue weighted by atomic mass is 35.5. The molecule has 0 N–H and O–H groups in total. The van der Waals surface area contributed by atoms with Crippen LogP contribution in [0, 0.1) is 17.5 Å². The molecule has 104 valence electrons. The minimum Gasteiger partial charge on any atom is -0.299 e. The second-order valence-electron chi connectivity index (χ2n) is 4.33. The first kappa shape index (κ1) is 14.6. The normalized spacial score (nSPS) is 10.6. The van der Waals surface area contributed by atoms with E-state index in [1.807, 2.05) is 0 Å². The fraction of sp³-hybridized carbons (Fsp3) is 0.133. The fourth-order valence-corrected chi connectivity index (χ4v) is 2.07. The molecule has 0 atom stereocenters. The molecule has 0 aliphatic heterocycles. The highest BCUT2D eigenvalue weighted by Crippen LogP contribution is 2.20. The quantitative estimate of drug-likeness (QED) is 0.830. The SMILES string of the molecule is O=C(Cc1ccc(F)cc1F)Cc1c(F)cccc1Cl. The smallest absolute Gasteiger partial charge is 0.141 e. The number of rotatable bonds is 4. The fourth-order valence-electron chi connectivity index (χ4n) is 1.84. The van der Waals surface area contributed by atoms with E-state index in [1.165, 1.54) is 24.3 Å². The predicted molar refractivity (Wildman–Crippen MR) is 70.2 cm³/mol. The van der Waals surface area contributed by atoms with Gasteiger partial charge >= 0.3 is 0 Å². The molecule has 0 spiro atoms. The van der Waals surface area contributed by atoms with E-state index >= 15 is 0 Å². The van der Waals surface area contributed by atoms with Crippen molar-refractivity contribution in [3.05, 3.63) is 70.0 Å². The Balaban J connectivity index is 2.13. The molecule has 0 amide bonds. The molecule has 2 aromatic rings. The van der Waals surface area contributed by atoms with Gasteiger partial charge in [-0.15, -0.1) is 0 Å². The van der Waals surface area contributed by atoms with Crippen molar-refractivity contribution in [1.82, 2.24) is 0 Å². The van der Waals surface area contributed by atoms with Gasteiger partial charge in [-0.2, -0.15) is 0 Å². The van der Waals surface area contributed by atoms with Gasteiger partial charge in [0.05, 0.1) is 0 Å². The Morgan fingerprint density at radius 1 is 1.00 bits per heavy atom. The van der Waals surface area contributed by atoms with Gasteiger partial charge in [0.25, 0.3) is 0 Å². The summed E-state index contributed by atoms with van der Waals surface area (Å²) < 4.78 is 39.7. The zero-order valence-electron chi connectivity index (χ0n) is 10.3. The maximum absolute atomic E-state index is 13.5. The van der Waals surface area contributed by atoms with Crippen molar-refractivity contribution in [3.63, 3.8) is 0 Å².